The topological polar surface area (TPSA) is 50.4 Å². The summed E-state index contributed by atoms with van der Waals surface area (Å²) in [6, 6.07) is 16.8. The molecular formula is C21H24N2O2. The van der Waals surface area contributed by atoms with Gasteiger partial charge in [0.15, 0.2) is 0 Å². The largest absolute Gasteiger partial charge is 0.449 e. The minimum Gasteiger partial charge on any atom is -0.449 e. The zero-order valence-electron chi connectivity index (χ0n) is 14.3. The van der Waals surface area contributed by atoms with Gasteiger partial charge in [-0.15, -0.1) is 0 Å². The van der Waals surface area contributed by atoms with Gasteiger partial charge >= 0.3 is 6.09 Å². The minimum absolute atomic E-state index is 0.120. The molecule has 2 aromatic rings. The average molecular weight is 336 g/mol. The van der Waals surface area contributed by atoms with Crippen molar-refractivity contribution in [3.05, 3.63) is 59.7 Å². The maximum atomic E-state index is 12.1. The summed E-state index contributed by atoms with van der Waals surface area (Å²) in [6.45, 7) is 3.12. The van der Waals surface area contributed by atoms with Gasteiger partial charge in [0.05, 0.1) is 0 Å². The van der Waals surface area contributed by atoms with Gasteiger partial charge in [0.25, 0.3) is 0 Å². The van der Waals surface area contributed by atoms with Crippen molar-refractivity contribution in [2.75, 3.05) is 26.2 Å². The number of carbonyl (C=O) groups is 1. The standard InChI is InChI=1S/C21H24N2O2/c24-21(23-13-15-6-5-11-22-12-15)25-14-20-18-9-3-1-7-16(18)17-8-2-4-10-19(17)20/h1-4,7-10,15,20,22H,5-6,11-14H2,(H,23,24). The summed E-state index contributed by atoms with van der Waals surface area (Å²) in [5.41, 5.74) is 4.99. The summed E-state index contributed by atoms with van der Waals surface area (Å²) in [7, 11) is 0. The lowest BCUT2D eigenvalue weighted by atomic mass is 9.98. The van der Waals surface area contributed by atoms with Crippen molar-refractivity contribution in [1.29, 1.82) is 0 Å². The van der Waals surface area contributed by atoms with Gasteiger partial charge < -0.3 is 15.4 Å². The van der Waals surface area contributed by atoms with Crippen molar-refractivity contribution < 1.29 is 9.53 Å². The first-order chi connectivity index (χ1) is 12.3. The Kier molecular flexibility index (Phi) is 4.70. The summed E-state index contributed by atoms with van der Waals surface area (Å²) in [5.74, 6) is 0.628. The van der Waals surface area contributed by atoms with Gasteiger partial charge in [-0.1, -0.05) is 48.5 Å². The third kappa shape index (κ3) is 3.40. The van der Waals surface area contributed by atoms with E-state index in [1.807, 2.05) is 12.1 Å². The monoisotopic (exact) mass is 336 g/mol. The van der Waals surface area contributed by atoms with E-state index >= 15 is 0 Å². The molecule has 4 heteroatoms. The van der Waals surface area contributed by atoms with E-state index in [1.54, 1.807) is 0 Å². The van der Waals surface area contributed by atoms with Gasteiger partial charge in [-0.25, -0.2) is 4.79 Å². The van der Waals surface area contributed by atoms with Gasteiger partial charge in [0.2, 0.25) is 0 Å². The highest BCUT2D eigenvalue weighted by Gasteiger charge is 2.29. The van der Waals surface area contributed by atoms with E-state index in [1.165, 1.54) is 28.7 Å². The smallest absolute Gasteiger partial charge is 0.407 e. The Labute approximate surface area is 148 Å². The molecule has 4 rings (SSSR count). The quantitative estimate of drug-likeness (QED) is 0.898. The highest BCUT2D eigenvalue weighted by Crippen LogP contribution is 2.44. The van der Waals surface area contributed by atoms with Crippen LogP contribution in [-0.2, 0) is 4.74 Å². The Hall–Kier alpha value is -2.33. The molecule has 130 valence electrons. The predicted molar refractivity (Wildman–Crippen MR) is 98.7 cm³/mol. The molecule has 0 radical (unpaired) electrons. The number of nitrogens with one attached hydrogen (secondary N) is 2. The second-order valence-corrected chi connectivity index (χ2v) is 6.92. The van der Waals surface area contributed by atoms with Crippen molar-refractivity contribution >= 4 is 6.09 Å². The lowest BCUT2D eigenvalue weighted by molar-refractivity contribution is 0.140. The molecule has 0 bridgehead atoms. The van der Waals surface area contributed by atoms with Crippen molar-refractivity contribution in [3.63, 3.8) is 0 Å². The molecule has 1 unspecified atom stereocenters. The molecule has 2 N–H and O–H groups in total. The Balaban J connectivity index is 1.38. The lowest BCUT2D eigenvalue weighted by Crippen LogP contribution is -2.38. The van der Waals surface area contributed by atoms with Crippen LogP contribution in [0.5, 0.6) is 0 Å². The lowest BCUT2D eigenvalue weighted by Gasteiger charge is -2.23. The summed E-state index contributed by atoms with van der Waals surface area (Å²) in [4.78, 5) is 12.1. The second-order valence-electron chi connectivity index (χ2n) is 6.92. The van der Waals surface area contributed by atoms with Crippen LogP contribution < -0.4 is 10.6 Å². The van der Waals surface area contributed by atoms with Crippen LogP contribution in [0.25, 0.3) is 11.1 Å². The molecule has 1 aliphatic carbocycles. The summed E-state index contributed by atoms with van der Waals surface area (Å²) in [6.07, 6.45) is 2.03. The normalized spacial score (nSPS) is 19.1. The fraction of sp³-hybridized carbons (Fsp3) is 0.381. The van der Waals surface area contributed by atoms with E-state index in [-0.39, 0.29) is 12.0 Å². The van der Waals surface area contributed by atoms with Gasteiger partial charge in [-0.2, -0.15) is 0 Å². The fourth-order valence-corrected chi connectivity index (χ4v) is 3.98. The molecule has 2 aliphatic rings. The minimum atomic E-state index is -0.313. The van der Waals surface area contributed by atoms with Crippen LogP contribution in [0.3, 0.4) is 0 Å². The van der Waals surface area contributed by atoms with Crippen molar-refractivity contribution in [1.82, 2.24) is 10.6 Å². The van der Waals surface area contributed by atoms with Crippen LogP contribution in [0.2, 0.25) is 0 Å². The van der Waals surface area contributed by atoms with Crippen LogP contribution in [0.4, 0.5) is 4.79 Å². The molecule has 2 aromatic carbocycles. The number of rotatable bonds is 4. The molecule has 1 fully saturated rings. The molecule has 25 heavy (non-hydrogen) atoms. The number of hydrogen-bond donors (Lipinski definition) is 2. The van der Waals surface area contributed by atoms with Crippen molar-refractivity contribution in [3.8, 4) is 11.1 Å². The van der Waals surface area contributed by atoms with E-state index in [9.17, 15) is 4.79 Å². The first-order valence-corrected chi connectivity index (χ1v) is 9.12. The Morgan fingerprint density at radius 2 is 1.76 bits per heavy atom. The summed E-state index contributed by atoms with van der Waals surface area (Å²) < 4.78 is 5.56. The Morgan fingerprint density at radius 1 is 1.08 bits per heavy atom. The number of fused-ring (bicyclic) bond motifs is 3. The first kappa shape index (κ1) is 16.2. The van der Waals surface area contributed by atoms with Crippen molar-refractivity contribution in [2.24, 2.45) is 5.92 Å². The maximum absolute atomic E-state index is 12.1. The predicted octanol–water partition coefficient (Wildman–Crippen LogP) is 3.52. The third-order valence-corrected chi connectivity index (χ3v) is 5.28. The highest BCUT2D eigenvalue weighted by atomic mass is 16.5. The number of benzene rings is 2. The zero-order chi connectivity index (χ0) is 17.1. The van der Waals surface area contributed by atoms with Gasteiger partial charge in [0.1, 0.15) is 6.61 Å². The Morgan fingerprint density at radius 3 is 2.40 bits per heavy atom. The van der Waals surface area contributed by atoms with Gasteiger partial charge in [0, 0.05) is 12.5 Å². The van der Waals surface area contributed by atoms with E-state index in [0.29, 0.717) is 19.1 Å². The Bertz CT molecular complexity index is 708. The number of carbonyl (C=O) groups excluding carboxylic acids is 1. The van der Waals surface area contributed by atoms with E-state index < -0.39 is 0 Å². The zero-order valence-corrected chi connectivity index (χ0v) is 14.3. The highest BCUT2D eigenvalue weighted by molar-refractivity contribution is 5.79. The number of hydrogen-bond acceptors (Lipinski definition) is 3. The molecule has 1 atom stereocenters. The molecule has 0 aromatic heterocycles. The van der Waals surface area contributed by atoms with E-state index in [0.717, 1.165) is 19.5 Å². The first-order valence-electron chi connectivity index (χ1n) is 9.12. The molecule has 4 nitrogen and oxygen atoms in total. The third-order valence-electron chi connectivity index (χ3n) is 5.28. The molecule has 1 heterocycles. The van der Waals surface area contributed by atoms with Gasteiger partial charge in [-0.05, 0) is 54.1 Å². The maximum Gasteiger partial charge on any atom is 0.407 e. The average Bonchev–Trinajstić information content (AvgIpc) is 2.99. The van der Waals surface area contributed by atoms with Crippen molar-refractivity contribution in [2.45, 2.75) is 18.8 Å². The molecule has 1 saturated heterocycles. The van der Waals surface area contributed by atoms with Crippen LogP contribution in [0, 0.1) is 5.92 Å². The SMILES string of the molecule is O=C(NCC1CCCNC1)OCC1c2ccccc2-c2ccccc21. The summed E-state index contributed by atoms with van der Waals surface area (Å²) in [5, 5.41) is 6.29. The van der Waals surface area contributed by atoms with E-state index in [4.69, 9.17) is 4.74 Å². The van der Waals surface area contributed by atoms with E-state index in [2.05, 4.69) is 47.0 Å². The number of amides is 1. The van der Waals surface area contributed by atoms with Crippen LogP contribution in [0.15, 0.2) is 48.5 Å². The number of alkyl carbamates (subject to hydrolysis) is 1. The molecule has 1 amide bonds. The molecular weight excluding hydrogens is 312 g/mol. The van der Waals surface area contributed by atoms with Gasteiger partial charge in [-0.3, -0.25) is 0 Å². The number of ether oxygens (including phenoxy) is 1. The van der Waals surface area contributed by atoms with Crippen LogP contribution in [0.1, 0.15) is 29.9 Å². The number of piperidine rings is 1. The molecule has 1 aliphatic heterocycles. The second kappa shape index (κ2) is 7.28. The fourth-order valence-electron chi connectivity index (χ4n) is 3.98. The van der Waals surface area contributed by atoms with Crippen LogP contribution in [-0.4, -0.2) is 32.3 Å². The molecule has 0 saturated carbocycles. The molecule has 0 spiro atoms. The summed E-state index contributed by atoms with van der Waals surface area (Å²) >= 11 is 0. The van der Waals surface area contributed by atoms with Crippen LogP contribution >= 0.6 is 0 Å².